The first kappa shape index (κ1) is 25.9. The molecular formula is C21H22F3N3O5S2. The van der Waals surface area contributed by atoms with E-state index >= 15 is 0 Å². The minimum Gasteiger partial charge on any atom is -0.462 e. The second-order valence-electron chi connectivity index (χ2n) is 7.17. The van der Waals surface area contributed by atoms with Crippen LogP contribution in [0.15, 0.2) is 5.16 Å². The SMILES string of the molecule is CCOC(=O)c1sc(NC(=O)CSc2nc3c(c(C(F)(F)F)n2)CCC3)c(C(=O)OCC)c1C. The molecule has 13 heteroatoms. The summed E-state index contributed by atoms with van der Waals surface area (Å²) in [6.45, 7) is 5.01. The summed E-state index contributed by atoms with van der Waals surface area (Å²) in [5.74, 6) is -2.27. The van der Waals surface area contributed by atoms with Gasteiger partial charge in [-0.1, -0.05) is 11.8 Å². The zero-order chi connectivity index (χ0) is 25.0. The normalized spacial score (nSPS) is 12.9. The summed E-state index contributed by atoms with van der Waals surface area (Å²) in [5, 5.41) is 2.49. The quantitative estimate of drug-likeness (QED) is 0.311. The van der Waals surface area contributed by atoms with Crippen molar-refractivity contribution < 1.29 is 37.0 Å². The van der Waals surface area contributed by atoms with Crippen molar-refractivity contribution in [2.75, 3.05) is 24.3 Å². The number of amides is 1. The number of hydrogen-bond donors (Lipinski definition) is 1. The van der Waals surface area contributed by atoms with Crippen LogP contribution in [0.25, 0.3) is 0 Å². The molecule has 2 aromatic heterocycles. The van der Waals surface area contributed by atoms with Crippen molar-refractivity contribution in [1.82, 2.24) is 9.97 Å². The van der Waals surface area contributed by atoms with Crippen molar-refractivity contribution in [3.05, 3.63) is 33.0 Å². The summed E-state index contributed by atoms with van der Waals surface area (Å²) >= 11 is 1.62. The number of ether oxygens (including phenoxy) is 2. The number of hydrogen-bond acceptors (Lipinski definition) is 9. The molecule has 1 aliphatic rings. The third-order valence-corrected chi connectivity index (χ3v) is 6.89. The Hall–Kier alpha value is -2.67. The number of anilines is 1. The number of halogens is 3. The number of esters is 2. The van der Waals surface area contributed by atoms with E-state index in [1.165, 1.54) is 6.92 Å². The lowest BCUT2D eigenvalue weighted by Gasteiger charge is -2.12. The summed E-state index contributed by atoms with van der Waals surface area (Å²) in [6, 6.07) is 0. The zero-order valence-corrected chi connectivity index (χ0v) is 20.3. The van der Waals surface area contributed by atoms with Crippen molar-refractivity contribution in [2.45, 2.75) is 51.4 Å². The molecule has 0 aliphatic heterocycles. The Kier molecular flexibility index (Phi) is 8.18. The van der Waals surface area contributed by atoms with E-state index < -0.39 is 29.7 Å². The summed E-state index contributed by atoms with van der Waals surface area (Å²) < 4.78 is 50.2. The molecule has 0 bridgehead atoms. The molecule has 0 saturated heterocycles. The maximum absolute atomic E-state index is 13.4. The number of fused-ring (bicyclic) bond motifs is 1. The number of thiophene rings is 1. The predicted molar refractivity (Wildman–Crippen MR) is 119 cm³/mol. The Labute approximate surface area is 201 Å². The molecule has 8 nitrogen and oxygen atoms in total. The van der Waals surface area contributed by atoms with E-state index in [0.717, 1.165) is 23.1 Å². The lowest BCUT2D eigenvalue weighted by molar-refractivity contribution is -0.142. The van der Waals surface area contributed by atoms with E-state index in [0.29, 0.717) is 24.1 Å². The van der Waals surface area contributed by atoms with Gasteiger partial charge in [-0.15, -0.1) is 11.3 Å². The summed E-state index contributed by atoms with van der Waals surface area (Å²) in [7, 11) is 0. The van der Waals surface area contributed by atoms with E-state index in [-0.39, 0.29) is 51.5 Å². The zero-order valence-electron chi connectivity index (χ0n) is 18.6. The summed E-state index contributed by atoms with van der Waals surface area (Å²) in [5.41, 5.74) is -0.165. The molecule has 184 valence electrons. The second kappa shape index (κ2) is 10.7. The molecule has 0 atom stereocenters. The monoisotopic (exact) mass is 517 g/mol. The molecule has 1 N–H and O–H groups in total. The highest BCUT2D eigenvalue weighted by molar-refractivity contribution is 7.99. The van der Waals surface area contributed by atoms with Crippen LogP contribution in [0.5, 0.6) is 0 Å². The molecule has 0 spiro atoms. The number of carbonyl (C=O) groups is 3. The van der Waals surface area contributed by atoms with Gasteiger partial charge in [-0.05, 0) is 45.6 Å². The van der Waals surface area contributed by atoms with E-state index in [2.05, 4.69) is 15.3 Å². The van der Waals surface area contributed by atoms with Crippen LogP contribution in [-0.4, -0.2) is 46.8 Å². The van der Waals surface area contributed by atoms with Crippen LogP contribution in [0.1, 0.15) is 62.8 Å². The molecule has 1 aliphatic carbocycles. The lowest BCUT2D eigenvalue weighted by Crippen LogP contribution is -2.17. The predicted octanol–water partition coefficient (Wildman–Crippen LogP) is 4.44. The van der Waals surface area contributed by atoms with Crippen LogP contribution < -0.4 is 5.32 Å². The fourth-order valence-electron chi connectivity index (χ4n) is 3.44. The molecule has 34 heavy (non-hydrogen) atoms. The van der Waals surface area contributed by atoms with Crippen LogP contribution >= 0.6 is 23.1 Å². The smallest absolute Gasteiger partial charge is 0.433 e. The third kappa shape index (κ3) is 5.69. The highest BCUT2D eigenvalue weighted by Crippen LogP contribution is 2.37. The first-order chi connectivity index (χ1) is 16.1. The molecule has 0 radical (unpaired) electrons. The molecule has 0 fully saturated rings. The summed E-state index contributed by atoms with van der Waals surface area (Å²) in [6.07, 6.45) is -3.35. The van der Waals surface area contributed by atoms with Gasteiger partial charge in [0.2, 0.25) is 5.91 Å². The molecule has 0 aromatic carbocycles. The first-order valence-corrected chi connectivity index (χ1v) is 12.2. The fraction of sp³-hybridized carbons (Fsp3) is 0.476. The fourth-order valence-corrected chi connectivity index (χ4v) is 5.21. The minimum atomic E-state index is -4.61. The van der Waals surface area contributed by atoms with Gasteiger partial charge in [0, 0.05) is 11.3 Å². The maximum Gasteiger partial charge on any atom is 0.433 e. The average Bonchev–Trinajstić information content (AvgIpc) is 3.35. The molecule has 0 unspecified atom stereocenters. The number of aryl methyl sites for hydroxylation is 1. The first-order valence-electron chi connectivity index (χ1n) is 10.4. The van der Waals surface area contributed by atoms with Gasteiger partial charge >= 0.3 is 18.1 Å². The van der Waals surface area contributed by atoms with Gasteiger partial charge in [-0.3, -0.25) is 4.79 Å². The van der Waals surface area contributed by atoms with E-state index in [4.69, 9.17) is 9.47 Å². The maximum atomic E-state index is 13.4. The van der Waals surface area contributed by atoms with Crippen LogP contribution in [0.2, 0.25) is 0 Å². The Morgan fingerprint density at radius 3 is 2.41 bits per heavy atom. The standard InChI is InChI=1S/C21H22F3N3O5S2/c1-4-31-18(29)14-10(3)15(19(30)32-5-2)34-17(14)26-13(28)9-33-20-25-12-8-6-7-11(12)16(27-20)21(22,23)24/h4-9H2,1-3H3,(H,26,28). The van der Waals surface area contributed by atoms with Gasteiger partial charge in [-0.2, -0.15) is 13.2 Å². The topological polar surface area (TPSA) is 107 Å². The van der Waals surface area contributed by atoms with E-state index in [1.807, 2.05) is 0 Å². The number of alkyl halides is 3. The number of aromatic nitrogens is 2. The Balaban J connectivity index is 1.79. The van der Waals surface area contributed by atoms with Gasteiger partial charge in [0.25, 0.3) is 0 Å². The third-order valence-electron chi connectivity index (χ3n) is 4.85. The van der Waals surface area contributed by atoms with Crippen molar-refractivity contribution in [3.63, 3.8) is 0 Å². The average molecular weight is 518 g/mol. The highest BCUT2D eigenvalue weighted by atomic mass is 32.2. The van der Waals surface area contributed by atoms with Crippen molar-refractivity contribution in [3.8, 4) is 0 Å². The molecule has 2 heterocycles. The Bertz CT molecular complexity index is 1120. The van der Waals surface area contributed by atoms with Gasteiger partial charge in [0.05, 0.1) is 24.5 Å². The second-order valence-corrected chi connectivity index (χ2v) is 9.13. The molecular weight excluding hydrogens is 495 g/mol. The molecule has 2 aromatic rings. The van der Waals surface area contributed by atoms with Crippen molar-refractivity contribution >= 4 is 45.9 Å². The van der Waals surface area contributed by atoms with Crippen LogP contribution in [0, 0.1) is 6.92 Å². The van der Waals surface area contributed by atoms with Gasteiger partial charge in [0.1, 0.15) is 9.88 Å². The number of thioether (sulfide) groups is 1. The summed E-state index contributed by atoms with van der Waals surface area (Å²) in [4.78, 5) is 45.2. The largest absolute Gasteiger partial charge is 0.462 e. The molecule has 3 rings (SSSR count). The van der Waals surface area contributed by atoms with Crippen molar-refractivity contribution in [1.29, 1.82) is 0 Å². The van der Waals surface area contributed by atoms with Gasteiger partial charge < -0.3 is 14.8 Å². The number of nitrogens with one attached hydrogen (secondary N) is 1. The van der Waals surface area contributed by atoms with Gasteiger partial charge in [0.15, 0.2) is 10.9 Å². The molecule has 0 saturated carbocycles. The number of carbonyl (C=O) groups excluding carboxylic acids is 3. The lowest BCUT2D eigenvalue weighted by atomic mass is 10.1. The Morgan fingerprint density at radius 2 is 1.76 bits per heavy atom. The van der Waals surface area contributed by atoms with Crippen LogP contribution in [0.4, 0.5) is 18.2 Å². The van der Waals surface area contributed by atoms with Crippen molar-refractivity contribution in [2.24, 2.45) is 0 Å². The van der Waals surface area contributed by atoms with Crippen LogP contribution in [0.3, 0.4) is 0 Å². The van der Waals surface area contributed by atoms with Gasteiger partial charge in [-0.25, -0.2) is 19.6 Å². The van der Waals surface area contributed by atoms with E-state index in [9.17, 15) is 27.6 Å². The number of rotatable bonds is 8. The highest BCUT2D eigenvalue weighted by Gasteiger charge is 2.38. The Morgan fingerprint density at radius 1 is 1.09 bits per heavy atom. The molecule has 1 amide bonds. The number of nitrogens with zero attached hydrogens (tertiary/aromatic N) is 2. The minimum absolute atomic E-state index is 0.0291. The van der Waals surface area contributed by atoms with Crippen LogP contribution in [-0.2, 0) is 33.3 Å². The van der Waals surface area contributed by atoms with E-state index in [1.54, 1.807) is 13.8 Å².